The van der Waals surface area contributed by atoms with Gasteiger partial charge in [0.1, 0.15) is 0 Å². The van der Waals surface area contributed by atoms with Crippen LogP contribution in [0, 0.1) is 18.8 Å². The molecule has 0 amide bonds. The fourth-order valence-electron chi connectivity index (χ4n) is 2.39. The lowest BCUT2D eigenvalue weighted by Gasteiger charge is -2.24. The van der Waals surface area contributed by atoms with Gasteiger partial charge in [-0.3, -0.25) is 0 Å². The topological polar surface area (TPSA) is 47.0 Å². The Bertz CT molecular complexity index is 459. The van der Waals surface area contributed by atoms with E-state index in [1.807, 2.05) is 13.1 Å². The number of allylic oxidation sites excluding steroid dienone is 2. The van der Waals surface area contributed by atoms with E-state index < -0.39 is 0 Å². The maximum absolute atomic E-state index is 5.78. The second kappa shape index (κ2) is 7.39. The molecule has 0 aromatic carbocycles. The minimum atomic E-state index is 0.504. The third-order valence-electron chi connectivity index (χ3n) is 3.97. The monoisotopic (exact) mass is 275 g/mol. The van der Waals surface area contributed by atoms with Crippen LogP contribution in [-0.2, 0) is 6.54 Å². The fourth-order valence-corrected chi connectivity index (χ4v) is 2.39. The van der Waals surface area contributed by atoms with E-state index in [2.05, 4.69) is 41.3 Å². The van der Waals surface area contributed by atoms with Crippen LogP contribution in [0.15, 0.2) is 18.3 Å². The van der Waals surface area contributed by atoms with Gasteiger partial charge in [-0.25, -0.2) is 9.97 Å². The first kappa shape index (κ1) is 15.0. The van der Waals surface area contributed by atoms with Gasteiger partial charge in [-0.05, 0) is 38.1 Å². The summed E-state index contributed by atoms with van der Waals surface area (Å²) in [5, 5.41) is 3.29. The van der Waals surface area contributed by atoms with Crippen molar-refractivity contribution >= 4 is 0 Å². The Hall–Kier alpha value is -1.42. The van der Waals surface area contributed by atoms with E-state index in [0.29, 0.717) is 24.5 Å². The number of hydrogen-bond donors (Lipinski definition) is 1. The third-order valence-corrected chi connectivity index (χ3v) is 3.97. The van der Waals surface area contributed by atoms with Crippen molar-refractivity contribution in [1.82, 2.24) is 15.3 Å². The van der Waals surface area contributed by atoms with Crippen LogP contribution < -0.4 is 10.1 Å². The van der Waals surface area contributed by atoms with Gasteiger partial charge >= 0.3 is 6.01 Å². The number of aromatic nitrogens is 2. The highest BCUT2D eigenvalue weighted by Gasteiger charge is 2.19. The Morgan fingerprint density at radius 1 is 1.35 bits per heavy atom. The van der Waals surface area contributed by atoms with E-state index in [-0.39, 0.29) is 0 Å². The lowest BCUT2D eigenvalue weighted by Crippen LogP contribution is -2.22. The van der Waals surface area contributed by atoms with Crippen molar-refractivity contribution in [3.8, 4) is 6.01 Å². The average molecular weight is 275 g/mol. The van der Waals surface area contributed by atoms with Crippen molar-refractivity contribution in [3.63, 3.8) is 0 Å². The molecule has 1 aromatic heterocycles. The van der Waals surface area contributed by atoms with Gasteiger partial charge in [-0.1, -0.05) is 26.0 Å². The van der Waals surface area contributed by atoms with Crippen LogP contribution in [0.2, 0.25) is 0 Å². The summed E-state index contributed by atoms with van der Waals surface area (Å²) < 4.78 is 5.78. The Morgan fingerprint density at radius 3 is 2.85 bits per heavy atom. The van der Waals surface area contributed by atoms with Gasteiger partial charge in [-0.15, -0.1) is 0 Å². The van der Waals surface area contributed by atoms with Crippen LogP contribution in [-0.4, -0.2) is 23.1 Å². The van der Waals surface area contributed by atoms with Gasteiger partial charge in [0.15, 0.2) is 0 Å². The minimum absolute atomic E-state index is 0.504. The van der Waals surface area contributed by atoms with Crippen molar-refractivity contribution in [1.29, 1.82) is 0 Å². The summed E-state index contributed by atoms with van der Waals surface area (Å²) in [5.74, 6) is 1.25. The van der Waals surface area contributed by atoms with Crippen molar-refractivity contribution < 1.29 is 4.74 Å². The maximum atomic E-state index is 5.78. The Labute approximate surface area is 121 Å². The Morgan fingerprint density at radius 2 is 2.15 bits per heavy atom. The number of hydrogen-bond acceptors (Lipinski definition) is 4. The van der Waals surface area contributed by atoms with Crippen LogP contribution in [0.25, 0.3) is 0 Å². The predicted octanol–water partition coefficient (Wildman–Crippen LogP) is 2.88. The molecule has 2 atom stereocenters. The molecule has 4 nitrogen and oxygen atoms in total. The van der Waals surface area contributed by atoms with Gasteiger partial charge in [-0.2, -0.15) is 0 Å². The molecule has 2 rings (SSSR count). The molecule has 0 fully saturated rings. The Balaban J connectivity index is 1.90. The highest BCUT2D eigenvalue weighted by molar-refractivity contribution is 5.17. The molecular weight excluding hydrogens is 250 g/mol. The van der Waals surface area contributed by atoms with Crippen LogP contribution in [0.4, 0.5) is 0 Å². The molecule has 1 N–H and O–H groups in total. The van der Waals surface area contributed by atoms with Gasteiger partial charge in [0, 0.05) is 24.0 Å². The lowest BCUT2D eigenvalue weighted by molar-refractivity contribution is 0.186. The normalized spacial score (nSPS) is 21.9. The first-order valence-electron chi connectivity index (χ1n) is 7.51. The van der Waals surface area contributed by atoms with Crippen LogP contribution in [0.3, 0.4) is 0 Å². The zero-order chi connectivity index (χ0) is 14.4. The zero-order valence-corrected chi connectivity index (χ0v) is 12.7. The summed E-state index contributed by atoms with van der Waals surface area (Å²) in [4.78, 5) is 8.75. The van der Waals surface area contributed by atoms with E-state index in [1.165, 1.54) is 0 Å². The molecular formula is C16H25N3O. The molecule has 4 heteroatoms. The highest BCUT2D eigenvalue weighted by atomic mass is 16.5. The maximum Gasteiger partial charge on any atom is 0.316 e. The molecule has 1 heterocycles. The molecule has 0 aliphatic heterocycles. The molecule has 110 valence electrons. The first-order chi connectivity index (χ1) is 9.70. The predicted molar refractivity (Wildman–Crippen MR) is 80.7 cm³/mol. The molecule has 1 aliphatic carbocycles. The van der Waals surface area contributed by atoms with Crippen molar-refractivity contribution in [2.24, 2.45) is 11.8 Å². The van der Waals surface area contributed by atoms with Crippen LogP contribution in [0.5, 0.6) is 6.01 Å². The van der Waals surface area contributed by atoms with Gasteiger partial charge in [0.2, 0.25) is 0 Å². The second-order valence-corrected chi connectivity index (χ2v) is 5.53. The smallest absolute Gasteiger partial charge is 0.316 e. The van der Waals surface area contributed by atoms with Gasteiger partial charge in [0.25, 0.3) is 0 Å². The molecule has 0 bridgehead atoms. The van der Waals surface area contributed by atoms with Gasteiger partial charge < -0.3 is 10.1 Å². The number of ether oxygens (including phenoxy) is 1. The third kappa shape index (κ3) is 4.04. The summed E-state index contributed by atoms with van der Waals surface area (Å²) in [7, 11) is 0. The minimum Gasteiger partial charge on any atom is -0.463 e. The quantitative estimate of drug-likeness (QED) is 0.811. The second-order valence-electron chi connectivity index (χ2n) is 5.53. The molecule has 1 aromatic rings. The summed E-state index contributed by atoms with van der Waals surface area (Å²) >= 11 is 0. The van der Waals surface area contributed by atoms with E-state index in [0.717, 1.165) is 37.2 Å². The summed E-state index contributed by atoms with van der Waals surface area (Å²) in [5.41, 5.74) is 2.13. The van der Waals surface area contributed by atoms with E-state index in [9.17, 15) is 0 Å². The lowest BCUT2D eigenvalue weighted by atomic mass is 9.85. The summed E-state index contributed by atoms with van der Waals surface area (Å²) in [6.07, 6.45) is 8.62. The van der Waals surface area contributed by atoms with E-state index >= 15 is 0 Å². The molecule has 0 spiro atoms. The van der Waals surface area contributed by atoms with Gasteiger partial charge in [0.05, 0.1) is 6.61 Å². The van der Waals surface area contributed by atoms with E-state index in [1.54, 1.807) is 0 Å². The number of nitrogens with one attached hydrogen (secondary N) is 1. The highest BCUT2D eigenvalue weighted by Crippen LogP contribution is 2.25. The SMILES string of the molecule is CCNCc1cnc(OCC2CC=CCC2C)nc1C. The largest absolute Gasteiger partial charge is 0.463 e. The fraction of sp³-hybridized carbons (Fsp3) is 0.625. The summed E-state index contributed by atoms with van der Waals surface area (Å²) in [6.45, 7) is 8.85. The molecule has 0 radical (unpaired) electrons. The zero-order valence-electron chi connectivity index (χ0n) is 12.7. The standard InChI is InChI=1S/C16H25N3O/c1-4-17-9-15-10-18-16(19-13(15)3)20-11-14-8-6-5-7-12(14)2/h5-6,10,12,14,17H,4,7-9,11H2,1-3H3. The number of nitrogens with zero attached hydrogens (tertiary/aromatic N) is 2. The van der Waals surface area contributed by atoms with Crippen molar-refractivity contribution in [2.45, 2.75) is 40.2 Å². The summed E-state index contributed by atoms with van der Waals surface area (Å²) in [6, 6.07) is 0.504. The molecule has 1 aliphatic rings. The molecule has 20 heavy (non-hydrogen) atoms. The van der Waals surface area contributed by atoms with E-state index in [4.69, 9.17) is 4.74 Å². The average Bonchev–Trinajstić information content (AvgIpc) is 2.45. The molecule has 2 unspecified atom stereocenters. The first-order valence-corrected chi connectivity index (χ1v) is 7.51. The van der Waals surface area contributed by atoms with Crippen molar-refractivity contribution in [2.75, 3.05) is 13.2 Å². The van der Waals surface area contributed by atoms with Crippen LogP contribution >= 0.6 is 0 Å². The van der Waals surface area contributed by atoms with Crippen molar-refractivity contribution in [3.05, 3.63) is 29.6 Å². The number of rotatable bonds is 6. The number of aryl methyl sites for hydroxylation is 1. The molecule has 0 saturated heterocycles. The molecule has 0 saturated carbocycles. The Kier molecular flexibility index (Phi) is 5.53. The van der Waals surface area contributed by atoms with Crippen LogP contribution in [0.1, 0.15) is 37.9 Å².